The molecule has 63 heavy (non-hydrogen) atoms. The summed E-state index contributed by atoms with van der Waals surface area (Å²) in [6.07, 6.45) is 0.714. The van der Waals surface area contributed by atoms with E-state index in [1.54, 1.807) is 0 Å². The van der Waals surface area contributed by atoms with Crippen LogP contribution in [-0.2, 0) is 9.05 Å². The zero-order valence-electron chi connectivity index (χ0n) is 35.0. The van der Waals surface area contributed by atoms with Gasteiger partial charge in [0, 0.05) is 22.7 Å². The van der Waals surface area contributed by atoms with E-state index in [0.29, 0.717) is 19.6 Å². The second kappa shape index (κ2) is 19.4. The molecule has 4 atom stereocenters. The molecule has 0 spiro atoms. The maximum atomic E-state index is 7.33. The Hall–Kier alpha value is -6.26. The van der Waals surface area contributed by atoms with Crippen LogP contribution in [0.5, 0.6) is 0 Å². The van der Waals surface area contributed by atoms with Crippen LogP contribution in [0.15, 0.2) is 243 Å². The Morgan fingerprint density at radius 2 is 0.460 bits per heavy atom. The molecule has 2 aliphatic heterocycles. The molecule has 2 fully saturated rings. The van der Waals surface area contributed by atoms with Crippen molar-refractivity contribution in [3.8, 4) is 0 Å². The standard InChI is InChI=1S/C55H50N4O2P2/c1-9-26-44(27-10-1)52-53(45-28-11-2-12-29-45)57(49-36-19-6-20-37-49)62(56(52)48-34-17-5-18-35-48)60-42-25-43-61-63-58(50-38-21-7-22-39-50)54(46-30-13-3-14-31-46)55(47-32-15-4-16-33-47)59(63)51-40-23-8-24-41-51/h1-24,26-41,52-55H,25,42-43H2/t52-,53-,54-,55-/m0/s1. The highest BCUT2D eigenvalue weighted by Crippen LogP contribution is 2.69. The summed E-state index contributed by atoms with van der Waals surface area (Å²) in [4.78, 5) is 0. The van der Waals surface area contributed by atoms with Crippen molar-refractivity contribution in [2.75, 3.05) is 31.9 Å². The molecule has 2 aliphatic rings. The van der Waals surface area contributed by atoms with E-state index in [0.717, 1.165) is 22.7 Å². The summed E-state index contributed by atoms with van der Waals surface area (Å²) in [5.74, 6) is 0. The first-order valence-electron chi connectivity index (χ1n) is 21.8. The van der Waals surface area contributed by atoms with Gasteiger partial charge in [-0.15, -0.1) is 0 Å². The first kappa shape index (κ1) is 40.8. The van der Waals surface area contributed by atoms with Crippen molar-refractivity contribution in [1.82, 2.24) is 0 Å². The van der Waals surface area contributed by atoms with Crippen LogP contribution < -0.4 is 18.7 Å². The predicted octanol–water partition coefficient (Wildman–Crippen LogP) is 14.9. The van der Waals surface area contributed by atoms with Gasteiger partial charge in [-0.25, -0.2) is 0 Å². The number of hydrogen-bond acceptors (Lipinski definition) is 6. The van der Waals surface area contributed by atoms with E-state index in [-0.39, 0.29) is 24.2 Å². The Kier molecular flexibility index (Phi) is 12.6. The van der Waals surface area contributed by atoms with E-state index in [2.05, 4.69) is 261 Å². The van der Waals surface area contributed by atoms with Gasteiger partial charge in [-0.3, -0.25) is 0 Å². The van der Waals surface area contributed by atoms with Crippen molar-refractivity contribution in [3.63, 3.8) is 0 Å². The van der Waals surface area contributed by atoms with E-state index in [9.17, 15) is 0 Å². The number of benzene rings is 8. The average molecular weight is 861 g/mol. The van der Waals surface area contributed by atoms with Crippen molar-refractivity contribution >= 4 is 39.6 Å². The molecular weight excluding hydrogens is 811 g/mol. The molecule has 312 valence electrons. The molecule has 8 heteroatoms. The lowest BCUT2D eigenvalue weighted by molar-refractivity contribution is 0.275. The van der Waals surface area contributed by atoms with Crippen molar-refractivity contribution in [2.45, 2.75) is 30.6 Å². The molecule has 2 heterocycles. The van der Waals surface area contributed by atoms with Gasteiger partial charge in [0.25, 0.3) is 0 Å². The fourth-order valence-corrected chi connectivity index (χ4v) is 13.7. The van der Waals surface area contributed by atoms with Gasteiger partial charge in [0.05, 0.1) is 37.4 Å². The van der Waals surface area contributed by atoms with Gasteiger partial charge in [-0.2, -0.15) is 0 Å². The molecule has 0 amide bonds. The number of hydrogen-bond donors (Lipinski definition) is 0. The first-order valence-corrected chi connectivity index (χ1v) is 24.1. The van der Waals surface area contributed by atoms with Crippen LogP contribution in [-0.4, -0.2) is 13.2 Å². The van der Waals surface area contributed by atoms with Crippen molar-refractivity contribution < 1.29 is 9.05 Å². The van der Waals surface area contributed by atoms with Gasteiger partial charge < -0.3 is 27.7 Å². The van der Waals surface area contributed by atoms with Gasteiger partial charge in [-0.05, 0) is 77.2 Å². The molecule has 0 aliphatic carbocycles. The Balaban J connectivity index is 1.000. The lowest BCUT2D eigenvalue weighted by Crippen LogP contribution is -2.23. The summed E-state index contributed by atoms with van der Waals surface area (Å²) in [6.45, 7) is 1.04. The Labute approximate surface area is 374 Å². The highest BCUT2D eigenvalue weighted by Gasteiger charge is 2.52. The van der Waals surface area contributed by atoms with E-state index in [4.69, 9.17) is 9.05 Å². The summed E-state index contributed by atoms with van der Waals surface area (Å²) in [7, 11) is -2.69. The summed E-state index contributed by atoms with van der Waals surface area (Å²) in [5.41, 5.74) is 9.55. The SMILES string of the molecule is c1ccc([C@H]2[C@H](c3ccccc3)N(c3ccccc3)P(OCCCOP3N(c4ccccc4)[C@@H](c4ccccc4)[C@H](c4ccccc4)N3c3ccccc3)N2c2ccccc2)cc1. The molecule has 10 rings (SSSR count). The Morgan fingerprint density at radius 1 is 0.270 bits per heavy atom. The quantitative estimate of drug-likeness (QED) is 0.0800. The fraction of sp³-hybridized carbons (Fsp3) is 0.127. The van der Waals surface area contributed by atoms with E-state index >= 15 is 0 Å². The smallest absolute Gasteiger partial charge is 0.249 e. The molecular formula is C55H50N4O2P2. The summed E-state index contributed by atoms with van der Waals surface area (Å²) < 4.78 is 24.8. The second-order valence-electron chi connectivity index (χ2n) is 15.7. The molecule has 0 unspecified atom stereocenters. The highest BCUT2D eigenvalue weighted by molar-refractivity contribution is 7.57. The van der Waals surface area contributed by atoms with Crippen LogP contribution in [0.4, 0.5) is 22.7 Å². The molecule has 0 radical (unpaired) electrons. The normalized spacial score (nSPS) is 19.2. The third-order valence-corrected chi connectivity index (χ3v) is 16.0. The Bertz CT molecular complexity index is 2240. The maximum absolute atomic E-state index is 7.33. The minimum absolute atomic E-state index is 0.00999. The van der Waals surface area contributed by atoms with E-state index < -0.39 is 16.9 Å². The van der Waals surface area contributed by atoms with Gasteiger partial charge >= 0.3 is 0 Å². The predicted molar refractivity (Wildman–Crippen MR) is 263 cm³/mol. The summed E-state index contributed by atoms with van der Waals surface area (Å²) in [5, 5.41) is 0. The topological polar surface area (TPSA) is 31.4 Å². The summed E-state index contributed by atoms with van der Waals surface area (Å²) in [6, 6.07) is 86.9. The van der Waals surface area contributed by atoms with Gasteiger partial charge in [-0.1, -0.05) is 194 Å². The third kappa shape index (κ3) is 8.48. The minimum atomic E-state index is -1.35. The first-order chi connectivity index (χ1) is 31.3. The maximum Gasteiger partial charge on any atom is 0.249 e. The largest absolute Gasteiger partial charge is 0.322 e. The van der Waals surface area contributed by atoms with Gasteiger partial charge in [0.2, 0.25) is 16.9 Å². The number of para-hydroxylation sites is 4. The van der Waals surface area contributed by atoms with Crippen molar-refractivity contribution in [2.24, 2.45) is 0 Å². The Morgan fingerprint density at radius 3 is 0.667 bits per heavy atom. The lowest BCUT2D eigenvalue weighted by Gasteiger charge is -2.33. The van der Waals surface area contributed by atoms with Crippen molar-refractivity contribution in [3.05, 3.63) is 265 Å². The zero-order chi connectivity index (χ0) is 42.2. The molecule has 8 aromatic carbocycles. The highest BCUT2D eigenvalue weighted by atomic mass is 31.2. The number of rotatable bonds is 14. The lowest BCUT2D eigenvalue weighted by atomic mass is 9.92. The van der Waals surface area contributed by atoms with Gasteiger partial charge in [0.15, 0.2) is 0 Å². The zero-order valence-corrected chi connectivity index (χ0v) is 36.8. The van der Waals surface area contributed by atoms with Crippen LogP contribution in [0.1, 0.15) is 52.8 Å². The monoisotopic (exact) mass is 860 g/mol. The van der Waals surface area contributed by atoms with Crippen LogP contribution >= 0.6 is 16.9 Å². The average Bonchev–Trinajstić information content (AvgIpc) is 3.90. The number of anilines is 4. The van der Waals surface area contributed by atoms with Crippen LogP contribution in [0.3, 0.4) is 0 Å². The molecule has 0 aromatic heterocycles. The molecule has 6 nitrogen and oxygen atoms in total. The molecule has 0 N–H and O–H groups in total. The van der Waals surface area contributed by atoms with Crippen LogP contribution in [0.2, 0.25) is 0 Å². The van der Waals surface area contributed by atoms with Crippen LogP contribution in [0.25, 0.3) is 0 Å². The minimum Gasteiger partial charge on any atom is -0.322 e. The second-order valence-corrected chi connectivity index (χ2v) is 18.9. The van der Waals surface area contributed by atoms with Crippen LogP contribution in [0, 0.1) is 0 Å². The van der Waals surface area contributed by atoms with E-state index in [1.165, 1.54) is 22.3 Å². The molecule has 8 aromatic rings. The molecule has 0 bridgehead atoms. The van der Waals surface area contributed by atoms with Gasteiger partial charge in [0.1, 0.15) is 0 Å². The molecule has 2 saturated heterocycles. The number of nitrogens with zero attached hydrogens (tertiary/aromatic N) is 4. The van der Waals surface area contributed by atoms with Crippen molar-refractivity contribution in [1.29, 1.82) is 0 Å². The molecule has 0 saturated carbocycles. The van der Waals surface area contributed by atoms with E-state index in [1.807, 2.05) is 0 Å². The fourth-order valence-electron chi connectivity index (χ4n) is 9.02. The third-order valence-electron chi connectivity index (χ3n) is 11.7. The summed E-state index contributed by atoms with van der Waals surface area (Å²) >= 11 is 0.